The Hall–Kier alpha value is -2.93. The largest absolute Gasteiger partial charge is 0.491 e. The zero-order chi connectivity index (χ0) is 25.0. The fourth-order valence-corrected chi connectivity index (χ4v) is 3.85. The third-order valence-electron chi connectivity index (χ3n) is 5.37. The number of nitrogens with one attached hydrogen (secondary N) is 1. The Kier molecular flexibility index (Phi) is 7.75. The van der Waals surface area contributed by atoms with Gasteiger partial charge in [-0.1, -0.05) is 6.07 Å². The van der Waals surface area contributed by atoms with Crippen molar-refractivity contribution in [2.24, 2.45) is 0 Å². The topological polar surface area (TPSA) is 83.8 Å². The third kappa shape index (κ3) is 7.04. The molecule has 1 amide bonds. The van der Waals surface area contributed by atoms with Gasteiger partial charge in [0.15, 0.2) is 5.69 Å². The van der Waals surface area contributed by atoms with Crippen molar-refractivity contribution >= 4 is 5.91 Å². The lowest BCUT2D eigenvalue weighted by Gasteiger charge is -2.26. The van der Waals surface area contributed by atoms with E-state index in [4.69, 9.17) is 18.9 Å². The third-order valence-corrected chi connectivity index (χ3v) is 5.37. The molecule has 3 heterocycles. The molecule has 0 saturated carbocycles. The van der Waals surface area contributed by atoms with Gasteiger partial charge in [-0.3, -0.25) is 4.79 Å². The van der Waals surface area contributed by atoms with Gasteiger partial charge in [0, 0.05) is 12.5 Å². The molecule has 0 bridgehead atoms. The summed E-state index contributed by atoms with van der Waals surface area (Å²) < 4.78 is 83.5. The SMILES string of the molecule is O=C(N[C@H]1COc2ccc(COCC(F)(F)F)cc2C1)c1cc2n(n1)C[C@H](CCOCC(F)F)O2. The Morgan fingerprint density at radius 3 is 2.83 bits per heavy atom. The fraction of sp³-hybridized carbons (Fsp3) is 0.545. The molecule has 192 valence electrons. The molecular weight excluding hydrogens is 481 g/mol. The molecule has 0 fully saturated rings. The van der Waals surface area contributed by atoms with Gasteiger partial charge in [-0.15, -0.1) is 0 Å². The van der Waals surface area contributed by atoms with Gasteiger partial charge in [-0.2, -0.15) is 18.3 Å². The van der Waals surface area contributed by atoms with Crippen LogP contribution in [0.2, 0.25) is 0 Å². The van der Waals surface area contributed by atoms with E-state index >= 15 is 0 Å². The minimum absolute atomic E-state index is 0.131. The maximum absolute atomic E-state index is 12.7. The summed E-state index contributed by atoms with van der Waals surface area (Å²) in [6.07, 6.45) is -6.33. The molecule has 0 spiro atoms. The summed E-state index contributed by atoms with van der Waals surface area (Å²) in [6, 6.07) is 6.15. The predicted molar refractivity (Wildman–Crippen MR) is 111 cm³/mol. The van der Waals surface area contributed by atoms with Crippen LogP contribution in [-0.2, 0) is 29.0 Å². The van der Waals surface area contributed by atoms with E-state index < -0.39 is 31.7 Å². The highest BCUT2D eigenvalue weighted by Crippen LogP contribution is 2.28. The highest BCUT2D eigenvalue weighted by molar-refractivity contribution is 5.92. The number of carbonyl (C=O) groups excluding carboxylic acids is 1. The minimum atomic E-state index is -4.39. The molecule has 0 aliphatic carbocycles. The maximum atomic E-state index is 12.7. The van der Waals surface area contributed by atoms with E-state index in [1.54, 1.807) is 18.2 Å². The van der Waals surface area contributed by atoms with Gasteiger partial charge in [0.1, 0.15) is 31.7 Å². The Bertz CT molecular complexity index is 1010. The van der Waals surface area contributed by atoms with Gasteiger partial charge in [0.2, 0.25) is 5.88 Å². The fourth-order valence-electron chi connectivity index (χ4n) is 3.85. The molecule has 8 nitrogen and oxygen atoms in total. The number of nitrogens with zero attached hydrogens (tertiary/aromatic N) is 2. The van der Waals surface area contributed by atoms with Crippen LogP contribution in [0.1, 0.15) is 28.0 Å². The van der Waals surface area contributed by atoms with Crippen molar-refractivity contribution in [1.29, 1.82) is 0 Å². The summed E-state index contributed by atoms with van der Waals surface area (Å²) >= 11 is 0. The number of aromatic nitrogens is 2. The Morgan fingerprint density at radius 1 is 1.26 bits per heavy atom. The quantitative estimate of drug-likeness (QED) is 0.395. The van der Waals surface area contributed by atoms with Crippen LogP contribution in [0.15, 0.2) is 24.3 Å². The molecule has 2 aliphatic heterocycles. The van der Waals surface area contributed by atoms with Gasteiger partial charge in [-0.05, 0) is 29.7 Å². The number of amides is 1. The van der Waals surface area contributed by atoms with E-state index in [1.165, 1.54) is 10.7 Å². The standard InChI is InChI=1S/C22H24F5N3O5/c23-19(24)11-32-4-3-16-8-30-20(35-16)7-17(29-30)21(31)28-15-6-14-5-13(1-2-18(14)34-10-15)9-33-12-22(25,26)27/h1-2,5,7,15-16,19H,3-4,6,8-12H2,(H,28,31)/t15-,16+/m1/s1. The summed E-state index contributed by atoms with van der Waals surface area (Å²) in [4.78, 5) is 12.7. The maximum Gasteiger partial charge on any atom is 0.411 e. The lowest BCUT2D eigenvalue weighted by molar-refractivity contribution is -0.176. The number of rotatable bonds is 10. The van der Waals surface area contributed by atoms with E-state index in [-0.39, 0.29) is 37.7 Å². The number of benzene rings is 1. The molecular formula is C22H24F5N3O5. The summed E-state index contributed by atoms with van der Waals surface area (Å²) in [7, 11) is 0. The summed E-state index contributed by atoms with van der Waals surface area (Å²) in [5, 5.41) is 7.09. The van der Waals surface area contributed by atoms with Gasteiger partial charge in [0.05, 0.1) is 25.8 Å². The Morgan fingerprint density at radius 2 is 2.09 bits per heavy atom. The van der Waals surface area contributed by atoms with Gasteiger partial charge in [0.25, 0.3) is 12.3 Å². The second kappa shape index (κ2) is 10.8. The first kappa shape index (κ1) is 25.2. The van der Waals surface area contributed by atoms with Gasteiger partial charge >= 0.3 is 6.18 Å². The molecule has 35 heavy (non-hydrogen) atoms. The van der Waals surface area contributed by atoms with E-state index in [0.717, 1.165) is 5.56 Å². The van der Waals surface area contributed by atoms with Crippen LogP contribution >= 0.6 is 0 Å². The van der Waals surface area contributed by atoms with Crippen LogP contribution < -0.4 is 14.8 Å². The average molecular weight is 505 g/mol. The van der Waals surface area contributed by atoms with Crippen molar-refractivity contribution in [3.05, 3.63) is 41.1 Å². The minimum Gasteiger partial charge on any atom is -0.491 e. The van der Waals surface area contributed by atoms with Gasteiger partial charge in [-0.25, -0.2) is 13.5 Å². The van der Waals surface area contributed by atoms with Crippen molar-refractivity contribution in [2.75, 3.05) is 26.4 Å². The number of hydrogen-bond donors (Lipinski definition) is 1. The molecule has 13 heteroatoms. The van der Waals surface area contributed by atoms with E-state index in [2.05, 4.69) is 10.4 Å². The van der Waals surface area contributed by atoms with Crippen LogP contribution in [0.3, 0.4) is 0 Å². The van der Waals surface area contributed by atoms with E-state index in [1.807, 2.05) is 0 Å². The summed E-state index contributed by atoms with van der Waals surface area (Å²) in [6.45, 7) is -1.40. The Balaban J connectivity index is 1.26. The van der Waals surface area contributed by atoms with Crippen molar-refractivity contribution < 1.29 is 45.7 Å². The number of carbonyl (C=O) groups is 1. The zero-order valence-electron chi connectivity index (χ0n) is 18.5. The second-order valence-corrected chi connectivity index (χ2v) is 8.28. The molecule has 1 aromatic carbocycles. The number of ether oxygens (including phenoxy) is 4. The lowest BCUT2D eigenvalue weighted by atomic mass is 10.0. The molecule has 0 saturated heterocycles. The van der Waals surface area contributed by atoms with E-state index in [0.29, 0.717) is 36.6 Å². The molecule has 0 unspecified atom stereocenters. The normalized spacial score (nSPS) is 19.1. The average Bonchev–Trinajstić information content (AvgIpc) is 3.34. The van der Waals surface area contributed by atoms with Crippen molar-refractivity contribution in [2.45, 2.75) is 50.7 Å². The highest BCUT2D eigenvalue weighted by Gasteiger charge is 2.29. The zero-order valence-corrected chi connectivity index (χ0v) is 18.5. The van der Waals surface area contributed by atoms with Crippen LogP contribution in [-0.4, -0.2) is 66.9 Å². The number of fused-ring (bicyclic) bond motifs is 2. The van der Waals surface area contributed by atoms with Crippen LogP contribution in [0, 0.1) is 0 Å². The summed E-state index contributed by atoms with van der Waals surface area (Å²) in [5.74, 6) is 0.588. The first-order valence-corrected chi connectivity index (χ1v) is 11.0. The van der Waals surface area contributed by atoms with Crippen LogP contribution in [0.25, 0.3) is 0 Å². The number of halogens is 5. The van der Waals surface area contributed by atoms with Crippen molar-refractivity contribution in [3.8, 4) is 11.6 Å². The van der Waals surface area contributed by atoms with E-state index in [9.17, 15) is 26.7 Å². The molecule has 2 aromatic rings. The molecule has 1 aromatic heterocycles. The smallest absolute Gasteiger partial charge is 0.411 e. The Labute approximate surface area is 197 Å². The van der Waals surface area contributed by atoms with Crippen LogP contribution in [0.5, 0.6) is 11.6 Å². The van der Waals surface area contributed by atoms with Gasteiger partial charge < -0.3 is 24.3 Å². The van der Waals surface area contributed by atoms with Crippen LogP contribution in [0.4, 0.5) is 22.0 Å². The number of hydrogen-bond acceptors (Lipinski definition) is 6. The first-order chi connectivity index (χ1) is 16.7. The predicted octanol–water partition coefficient (Wildman–Crippen LogP) is 3.13. The lowest BCUT2D eigenvalue weighted by Crippen LogP contribution is -2.43. The molecule has 4 rings (SSSR count). The monoisotopic (exact) mass is 505 g/mol. The second-order valence-electron chi connectivity index (χ2n) is 8.28. The molecule has 0 radical (unpaired) electrons. The summed E-state index contributed by atoms with van der Waals surface area (Å²) in [5.41, 5.74) is 1.48. The molecule has 2 atom stereocenters. The molecule has 2 aliphatic rings. The highest BCUT2D eigenvalue weighted by atomic mass is 19.4. The van der Waals surface area contributed by atoms with Crippen molar-refractivity contribution in [1.82, 2.24) is 15.1 Å². The number of alkyl halides is 5. The van der Waals surface area contributed by atoms with Crippen molar-refractivity contribution in [3.63, 3.8) is 0 Å². The first-order valence-electron chi connectivity index (χ1n) is 11.0. The molecule has 1 N–H and O–H groups in total.